The first-order valence-electron chi connectivity index (χ1n) is 10.8. The Balaban J connectivity index is 1.53. The van der Waals surface area contributed by atoms with Crippen molar-refractivity contribution in [1.82, 2.24) is 14.5 Å². The van der Waals surface area contributed by atoms with E-state index in [4.69, 9.17) is 9.47 Å². The third-order valence-corrected chi connectivity index (χ3v) is 6.08. The molecule has 7 heteroatoms. The van der Waals surface area contributed by atoms with Crippen molar-refractivity contribution in [2.75, 3.05) is 18.7 Å². The Bertz CT molecular complexity index is 1290. The van der Waals surface area contributed by atoms with E-state index in [1.165, 1.54) is 12.1 Å². The second kappa shape index (κ2) is 8.67. The number of methoxy groups -OCH3 is 1. The topological polar surface area (TPSA) is 52.4 Å². The van der Waals surface area contributed by atoms with Crippen molar-refractivity contribution in [2.24, 2.45) is 0 Å². The molecule has 0 amide bonds. The summed E-state index contributed by atoms with van der Waals surface area (Å²) in [6.07, 6.45) is 5.57. The Labute approximate surface area is 192 Å². The number of halogens is 1. The number of fused-ring (bicyclic) bond motifs is 1. The number of aromatic nitrogens is 3. The monoisotopic (exact) mass is 444 g/mol. The van der Waals surface area contributed by atoms with Gasteiger partial charge in [-0.3, -0.25) is 0 Å². The van der Waals surface area contributed by atoms with Crippen LogP contribution in [0.2, 0.25) is 0 Å². The van der Waals surface area contributed by atoms with E-state index < -0.39 is 0 Å². The lowest BCUT2D eigenvalue weighted by Gasteiger charge is -2.36. The van der Waals surface area contributed by atoms with Gasteiger partial charge in [-0.15, -0.1) is 0 Å². The summed E-state index contributed by atoms with van der Waals surface area (Å²) in [7, 11) is 1.67. The Morgan fingerprint density at radius 3 is 2.64 bits per heavy atom. The van der Waals surface area contributed by atoms with Gasteiger partial charge in [0.15, 0.2) is 0 Å². The van der Waals surface area contributed by atoms with E-state index in [1.54, 1.807) is 25.6 Å². The van der Waals surface area contributed by atoms with Crippen molar-refractivity contribution in [3.05, 3.63) is 89.9 Å². The van der Waals surface area contributed by atoms with E-state index in [1.807, 2.05) is 42.1 Å². The number of hydrogen-bond donors (Lipinski definition) is 0. The number of hydrogen-bond acceptors (Lipinski definition) is 5. The molecular weight excluding hydrogens is 419 g/mol. The molecule has 1 aliphatic heterocycles. The van der Waals surface area contributed by atoms with Gasteiger partial charge in [0.2, 0.25) is 0 Å². The van der Waals surface area contributed by atoms with Crippen molar-refractivity contribution in [2.45, 2.75) is 26.5 Å². The van der Waals surface area contributed by atoms with E-state index >= 15 is 0 Å². The fourth-order valence-corrected chi connectivity index (χ4v) is 4.28. The molecule has 1 atom stereocenters. The predicted molar refractivity (Wildman–Crippen MR) is 125 cm³/mol. The first-order valence-corrected chi connectivity index (χ1v) is 10.8. The highest BCUT2D eigenvalue weighted by Crippen LogP contribution is 2.38. The Hall–Kier alpha value is -3.71. The predicted octanol–water partition coefficient (Wildman–Crippen LogP) is 5.45. The van der Waals surface area contributed by atoms with Gasteiger partial charge >= 0.3 is 0 Å². The molecule has 0 saturated carbocycles. The van der Waals surface area contributed by atoms with Crippen molar-refractivity contribution >= 4 is 5.82 Å². The van der Waals surface area contributed by atoms with Crippen LogP contribution in [0, 0.1) is 12.7 Å². The molecule has 1 aliphatic rings. The molecule has 0 spiro atoms. The van der Waals surface area contributed by atoms with Gasteiger partial charge in [0.25, 0.3) is 0 Å². The number of imidazole rings is 1. The number of pyridine rings is 1. The molecule has 0 bridgehead atoms. The molecular formula is C26H25FN4O2. The van der Waals surface area contributed by atoms with Gasteiger partial charge in [-0.25, -0.2) is 14.4 Å². The number of nitrogens with zero attached hydrogens (tertiary/aromatic N) is 4. The molecule has 168 valence electrons. The maximum atomic E-state index is 13.4. The largest absolute Gasteiger partial charge is 0.495 e. The minimum Gasteiger partial charge on any atom is -0.495 e. The summed E-state index contributed by atoms with van der Waals surface area (Å²) in [5.41, 5.74) is 5.95. The molecule has 0 N–H and O–H groups in total. The molecule has 0 radical (unpaired) electrons. The molecule has 6 nitrogen and oxygen atoms in total. The van der Waals surface area contributed by atoms with E-state index in [0.29, 0.717) is 13.3 Å². The highest BCUT2D eigenvalue weighted by Gasteiger charge is 2.26. The molecule has 3 heterocycles. The minimum absolute atomic E-state index is 0.0196. The molecule has 2 aromatic carbocycles. The Morgan fingerprint density at radius 1 is 1.09 bits per heavy atom. The standard InChI is InChI=1S/C26H25FN4O2/c1-17-13-30(15-29-17)24-9-6-20(12-25(24)32-3)22-10-11-28-26-23(22)14-33-16-31(26)18(2)19-4-7-21(27)8-5-19/h4-13,15,18H,14,16H2,1-3H3. The van der Waals surface area contributed by atoms with Crippen LogP contribution in [0.25, 0.3) is 16.8 Å². The zero-order valence-corrected chi connectivity index (χ0v) is 18.8. The first-order chi connectivity index (χ1) is 16.0. The van der Waals surface area contributed by atoms with Crippen LogP contribution in [0.3, 0.4) is 0 Å². The molecule has 1 unspecified atom stereocenters. The maximum absolute atomic E-state index is 13.4. The van der Waals surface area contributed by atoms with Gasteiger partial charge in [0.1, 0.15) is 24.1 Å². The van der Waals surface area contributed by atoms with E-state index in [2.05, 4.69) is 27.9 Å². The molecule has 5 rings (SSSR count). The number of benzene rings is 2. The van der Waals surface area contributed by atoms with Gasteiger partial charge < -0.3 is 18.9 Å². The van der Waals surface area contributed by atoms with Gasteiger partial charge in [-0.2, -0.15) is 0 Å². The normalized spacial score (nSPS) is 14.1. The summed E-state index contributed by atoms with van der Waals surface area (Å²) >= 11 is 0. The van der Waals surface area contributed by atoms with Crippen LogP contribution in [0.5, 0.6) is 5.75 Å². The number of ether oxygens (including phenoxy) is 2. The van der Waals surface area contributed by atoms with Crippen LogP contribution in [-0.4, -0.2) is 28.4 Å². The SMILES string of the molecule is COc1cc(-c2ccnc3c2COCN3C(C)c2ccc(F)cc2)ccc1-n1cnc(C)c1. The molecule has 0 aliphatic carbocycles. The van der Waals surface area contributed by atoms with Crippen LogP contribution in [0.15, 0.2) is 67.3 Å². The van der Waals surface area contributed by atoms with Crippen LogP contribution in [0.1, 0.15) is 29.8 Å². The lowest BCUT2D eigenvalue weighted by atomic mass is 9.98. The smallest absolute Gasteiger partial charge is 0.143 e. The summed E-state index contributed by atoms with van der Waals surface area (Å²) in [6, 6.07) is 14.7. The Morgan fingerprint density at radius 2 is 1.91 bits per heavy atom. The van der Waals surface area contributed by atoms with E-state index in [9.17, 15) is 4.39 Å². The second-order valence-electron chi connectivity index (χ2n) is 8.14. The minimum atomic E-state index is -0.245. The Kier molecular flexibility index (Phi) is 5.56. The van der Waals surface area contributed by atoms with Crippen LogP contribution in [-0.2, 0) is 11.3 Å². The maximum Gasteiger partial charge on any atom is 0.143 e. The van der Waals surface area contributed by atoms with Crippen LogP contribution >= 0.6 is 0 Å². The summed E-state index contributed by atoms with van der Waals surface area (Å²) in [5.74, 6) is 1.39. The zero-order chi connectivity index (χ0) is 22.9. The average molecular weight is 445 g/mol. The van der Waals surface area contributed by atoms with Crippen molar-refractivity contribution in [3.8, 4) is 22.6 Å². The fourth-order valence-electron chi connectivity index (χ4n) is 4.28. The lowest BCUT2D eigenvalue weighted by molar-refractivity contribution is 0.104. The van der Waals surface area contributed by atoms with Gasteiger partial charge in [0.05, 0.1) is 37.5 Å². The molecule has 33 heavy (non-hydrogen) atoms. The molecule has 0 saturated heterocycles. The van der Waals surface area contributed by atoms with Gasteiger partial charge in [-0.05, 0) is 60.9 Å². The summed E-state index contributed by atoms with van der Waals surface area (Å²) in [5, 5.41) is 0. The van der Waals surface area contributed by atoms with E-state index in [0.717, 1.165) is 45.2 Å². The highest BCUT2D eigenvalue weighted by atomic mass is 19.1. The highest BCUT2D eigenvalue weighted by molar-refractivity contribution is 5.75. The van der Waals surface area contributed by atoms with Crippen molar-refractivity contribution < 1.29 is 13.9 Å². The summed E-state index contributed by atoms with van der Waals surface area (Å²) in [6.45, 7) is 4.92. The lowest BCUT2D eigenvalue weighted by Crippen LogP contribution is -2.34. The first kappa shape index (κ1) is 21.2. The fraction of sp³-hybridized carbons (Fsp3) is 0.231. The molecule has 2 aromatic heterocycles. The van der Waals surface area contributed by atoms with Crippen molar-refractivity contribution in [1.29, 1.82) is 0 Å². The number of rotatable bonds is 5. The van der Waals surface area contributed by atoms with Gasteiger partial charge in [0, 0.05) is 18.0 Å². The number of aryl methyl sites for hydroxylation is 1. The summed E-state index contributed by atoms with van der Waals surface area (Å²) < 4.78 is 27.0. The molecule has 4 aromatic rings. The quantitative estimate of drug-likeness (QED) is 0.410. The van der Waals surface area contributed by atoms with Crippen LogP contribution in [0.4, 0.5) is 10.2 Å². The van der Waals surface area contributed by atoms with Crippen molar-refractivity contribution in [3.63, 3.8) is 0 Å². The third-order valence-electron chi connectivity index (χ3n) is 6.08. The second-order valence-corrected chi connectivity index (χ2v) is 8.14. The van der Waals surface area contributed by atoms with Gasteiger partial charge in [-0.1, -0.05) is 18.2 Å². The van der Waals surface area contributed by atoms with E-state index in [-0.39, 0.29) is 11.9 Å². The average Bonchev–Trinajstić information content (AvgIpc) is 3.29. The number of anilines is 1. The third kappa shape index (κ3) is 3.96. The zero-order valence-electron chi connectivity index (χ0n) is 18.8. The molecule has 0 fully saturated rings. The van der Waals surface area contributed by atoms with Crippen LogP contribution < -0.4 is 9.64 Å². The summed E-state index contributed by atoms with van der Waals surface area (Å²) in [4.78, 5) is 11.1.